The monoisotopic (exact) mass is 226 g/mol. The largest absolute Gasteiger partial charge is 0.492 e. The van der Waals surface area contributed by atoms with Gasteiger partial charge in [0.05, 0.1) is 11.6 Å². The lowest BCUT2D eigenvalue weighted by Gasteiger charge is -2.08. The van der Waals surface area contributed by atoms with E-state index in [4.69, 9.17) is 16.3 Å². The molecule has 0 amide bonds. The molecule has 0 bridgehead atoms. The summed E-state index contributed by atoms with van der Waals surface area (Å²) < 4.78 is 5.40. The van der Waals surface area contributed by atoms with E-state index >= 15 is 0 Å². The third kappa shape index (κ3) is 3.92. The first-order valence-corrected chi connectivity index (χ1v) is 5.39. The lowest BCUT2D eigenvalue weighted by molar-refractivity contribution is -0.122. The van der Waals surface area contributed by atoms with Crippen LogP contribution < -0.4 is 4.74 Å². The summed E-state index contributed by atoms with van der Waals surface area (Å²) >= 11 is 5.89. The summed E-state index contributed by atoms with van der Waals surface area (Å²) in [6, 6.07) is 7.25. The number of carbonyl (C=O) groups excluding carboxylic acids is 1. The normalized spacial score (nSPS) is 10.4. The highest BCUT2D eigenvalue weighted by atomic mass is 35.5. The van der Waals surface area contributed by atoms with E-state index in [2.05, 4.69) is 0 Å². The molecule has 1 rings (SSSR count). The smallest absolute Gasteiger partial charge is 0.138 e. The van der Waals surface area contributed by atoms with Gasteiger partial charge in [0.15, 0.2) is 0 Å². The van der Waals surface area contributed by atoms with Crippen LogP contribution in [-0.2, 0) is 4.79 Å². The molecule has 1 aromatic rings. The number of hydrogen-bond donors (Lipinski definition) is 0. The number of ether oxygens (including phenoxy) is 1. The van der Waals surface area contributed by atoms with Gasteiger partial charge in [0.1, 0.15) is 11.5 Å². The molecule has 15 heavy (non-hydrogen) atoms. The Morgan fingerprint density at radius 1 is 1.40 bits per heavy atom. The maximum Gasteiger partial charge on any atom is 0.138 e. The van der Waals surface area contributed by atoms with E-state index < -0.39 is 0 Å². The fourth-order valence-electron chi connectivity index (χ4n) is 1.11. The predicted molar refractivity (Wildman–Crippen MR) is 61.4 cm³/mol. The molecule has 3 heteroatoms. The van der Waals surface area contributed by atoms with Gasteiger partial charge in [-0.25, -0.2) is 0 Å². The Kier molecular flexibility index (Phi) is 4.63. The number of para-hydroxylation sites is 1. The molecule has 0 heterocycles. The Morgan fingerprint density at radius 3 is 2.67 bits per heavy atom. The number of halogens is 1. The van der Waals surface area contributed by atoms with Crippen molar-refractivity contribution in [2.45, 2.75) is 20.3 Å². The summed E-state index contributed by atoms with van der Waals surface area (Å²) in [5.41, 5.74) is 0. The van der Waals surface area contributed by atoms with Crippen molar-refractivity contribution < 1.29 is 9.53 Å². The maximum atomic E-state index is 11.3. The Labute approximate surface area is 95.2 Å². The molecule has 0 aliphatic rings. The quantitative estimate of drug-likeness (QED) is 0.770. The Bertz CT molecular complexity index is 334. The van der Waals surface area contributed by atoms with Crippen molar-refractivity contribution in [3.05, 3.63) is 29.3 Å². The molecule has 0 N–H and O–H groups in total. The SMILES string of the molecule is CC(C)C(=O)CCOc1ccccc1Cl. The van der Waals surface area contributed by atoms with E-state index in [-0.39, 0.29) is 11.7 Å². The molecular formula is C12H15ClO2. The van der Waals surface area contributed by atoms with Gasteiger partial charge in [0, 0.05) is 12.3 Å². The minimum absolute atomic E-state index is 0.0693. The van der Waals surface area contributed by atoms with Gasteiger partial charge in [-0.3, -0.25) is 4.79 Å². The standard InChI is InChI=1S/C12H15ClO2/c1-9(2)11(14)7-8-15-12-6-4-3-5-10(12)13/h3-6,9H,7-8H2,1-2H3. The molecule has 0 atom stereocenters. The van der Waals surface area contributed by atoms with Crippen molar-refractivity contribution >= 4 is 17.4 Å². The first-order valence-electron chi connectivity index (χ1n) is 5.01. The van der Waals surface area contributed by atoms with Crippen molar-refractivity contribution in [2.24, 2.45) is 5.92 Å². The average molecular weight is 227 g/mol. The van der Waals surface area contributed by atoms with Crippen LogP contribution in [0.3, 0.4) is 0 Å². The first-order chi connectivity index (χ1) is 7.11. The highest BCUT2D eigenvalue weighted by Crippen LogP contribution is 2.23. The number of rotatable bonds is 5. The lowest BCUT2D eigenvalue weighted by Crippen LogP contribution is -2.11. The van der Waals surface area contributed by atoms with E-state index in [0.29, 0.717) is 23.8 Å². The van der Waals surface area contributed by atoms with E-state index in [1.807, 2.05) is 26.0 Å². The van der Waals surface area contributed by atoms with Crippen molar-refractivity contribution in [3.8, 4) is 5.75 Å². The van der Waals surface area contributed by atoms with Crippen molar-refractivity contribution in [3.63, 3.8) is 0 Å². The molecule has 0 fully saturated rings. The molecule has 0 saturated carbocycles. The zero-order valence-electron chi connectivity index (χ0n) is 9.00. The Morgan fingerprint density at radius 2 is 2.07 bits per heavy atom. The van der Waals surface area contributed by atoms with Gasteiger partial charge in [-0.15, -0.1) is 0 Å². The second-order valence-electron chi connectivity index (χ2n) is 3.65. The van der Waals surface area contributed by atoms with Crippen LogP contribution in [-0.4, -0.2) is 12.4 Å². The molecule has 0 spiro atoms. The van der Waals surface area contributed by atoms with Gasteiger partial charge in [0.2, 0.25) is 0 Å². The molecular weight excluding hydrogens is 212 g/mol. The third-order valence-electron chi connectivity index (χ3n) is 2.09. The van der Waals surface area contributed by atoms with Crippen LogP contribution in [0.5, 0.6) is 5.75 Å². The molecule has 0 aliphatic carbocycles. The zero-order valence-corrected chi connectivity index (χ0v) is 9.75. The maximum absolute atomic E-state index is 11.3. The Hall–Kier alpha value is -1.02. The summed E-state index contributed by atoms with van der Waals surface area (Å²) in [7, 11) is 0. The van der Waals surface area contributed by atoms with Gasteiger partial charge in [-0.2, -0.15) is 0 Å². The van der Waals surface area contributed by atoms with Crippen LogP contribution in [0.15, 0.2) is 24.3 Å². The molecule has 0 aromatic heterocycles. The van der Waals surface area contributed by atoms with Crippen molar-refractivity contribution in [1.29, 1.82) is 0 Å². The molecule has 82 valence electrons. The zero-order chi connectivity index (χ0) is 11.3. The molecule has 0 radical (unpaired) electrons. The van der Waals surface area contributed by atoms with Gasteiger partial charge >= 0.3 is 0 Å². The van der Waals surface area contributed by atoms with E-state index in [1.54, 1.807) is 12.1 Å². The molecule has 2 nitrogen and oxygen atoms in total. The fraction of sp³-hybridized carbons (Fsp3) is 0.417. The van der Waals surface area contributed by atoms with Gasteiger partial charge in [-0.1, -0.05) is 37.6 Å². The van der Waals surface area contributed by atoms with E-state index in [1.165, 1.54) is 0 Å². The number of ketones is 1. The van der Waals surface area contributed by atoms with Crippen LogP contribution in [0.1, 0.15) is 20.3 Å². The summed E-state index contributed by atoms with van der Waals surface area (Å²) in [6.45, 7) is 4.16. The van der Waals surface area contributed by atoms with Gasteiger partial charge in [0.25, 0.3) is 0 Å². The van der Waals surface area contributed by atoms with Crippen molar-refractivity contribution in [2.75, 3.05) is 6.61 Å². The van der Waals surface area contributed by atoms with Crippen LogP contribution in [0.25, 0.3) is 0 Å². The van der Waals surface area contributed by atoms with Crippen LogP contribution in [0.2, 0.25) is 5.02 Å². The lowest BCUT2D eigenvalue weighted by atomic mass is 10.1. The summed E-state index contributed by atoms with van der Waals surface area (Å²) in [6.07, 6.45) is 0.433. The summed E-state index contributed by atoms with van der Waals surface area (Å²) in [5, 5.41) is 0.578. The number of Topliss-reactive ketones (excluding diaryl/α,β-unsaturated/α-hetero) is 1. The summed E-state index contributed by atoms with van der Waals surface area (Å²) in [5.74, 6) is 0.914. The van der Waals surface area contributed by atoms with Gasteiger partial charge < -0.3 is 4.74 Å². The van der Waals surface area contributed by atoms with Crippen LogP contribution >= 0.6 is 11.6 Å². The first kappa shape index (κ1) is 12.1. The molecule has 0 aliphatic heterocycles. The second kappa shape index (κ2) is 5.76. The summed E-state index contributed by atoms with van der Waals surface area (Å²) in [4.78, 5) is 11.3. The van der Waals surface area contributed by atoms with E-state index in [9.17, 15) is 4.79 Å². The molecule has 0 unspecified atom stereocenters. The average Bonchev–Trinajstić information content (AvgIpc) is 2.20. The van der Waals surface area contributed by atoms with Crippen LogP contribution in [0.4, 0.5) is 0 Å². The minimum atomic E-state index is 0.0693. The van der Waals surface area contributed by atoms with Crippen molar-refractivity contribution in [1.82, 2.24) is 0 Å². The highest BCUT2D eigenvalue weighted by molar-refractivity contribution is 6.32. The second-order valence-corrected chi connectivity index (χ2v) is 4.06. The predicted octanol–water partition coefficient (Wildman–Crippen LogP) is 3.33. The highest BCUT2D eigenvalue weighted by Gasteiger charge is 2.07. The number of carbonyl (C=O) groups is 1. The Balaban J connectivity index is 2.38. The number of hydrogen-bond acceptors (Lipinski definition) is 2. The van der Waals surface area contributed by atoms with E-state index in [0.717, 1.165) is 0 Å². The fourth-order valence-corrected chi connectivity index (χ4v) is 1.30. The molecule has 0 saturated heterocycles. The molecule has 1 aromatic carbocycles. The topological polar surface area (TPSA) is 26.3 Å². The van der Waals surface area contributed by atoms with Gasteiger partial charge in [-0.05, 0) is 12.1 Å². The minimum Gasteiger partial charge on any atom is -0.492 e. The van der Waals surface area contributed by atoms with Crippen LogP contribution in [0, 0.1) is 5.92 Å². The number of benzene rings is 1. The third-order valence-corrected chi connectivity index (χ3v) is 2.40.